The van der Waals surface area contributed by atoms with Crippen LogP contribution in [0, 0.1) is 0 Å². The molecule has 3 aromatic heterocycles. The molecule has 0 amide bonds. The zero-order valence-corrected chi connectivity index (χ0v) is 19.2. The van der Waals surface area contributed by atoms with Gasteiger partial charge in [-0.2, -0.15) is 0 Å². The summed E-state index contributed by atoms with van der Waals surface area (Å²) in [5.74, 6) is 3.25. The molecule has 0 unspecified atom stereocenters. The third kappa shape index (κ3) is 3.90. The molecule has 10 nitrogen and oxygen atoms in total. The van der Waals surface area contributed by atoms with Crippen LogP contribution in [0.1, 0.15) is 18.2 Å². The van der Waals surface area contributed by atoms with Crippen LogP contribution >= 0.6 is 0 Å². The number of aromatic nitrogens is 6. The maximum Gasteiger partial charge on any atom is 0.225 e. The first-order chi connectivity index (χ1) is 16.8. The lowest BCUT2D eigenvalue weighted by atomic mass is 10.0. The van der Waals surface area contributed by atoms with E-state index in [0.29, 0.717) is 19.8 Å². The lowest BCUT2D eigenvalue weighted by Crippen LogP contribution is -2.39. The van der Waals surface area contributed by atoms with Crippen molar-refractivity contribution in [2.45, 2.75) is 19.9 Å². The zero-order valence-electron chi connectivity index (χ0n) is 19.2. The number of nitrogens with zero attached hydrogens (tertiary/aromatic N) is 7. The van der Waals surface area contributed by atoms with E-state index < -0.39 is 0 Å². The Morgan fingerprint density at radius 2 is 1.88 bits per heavy atom. The van der Waals surface area contributed by atoms with Crippen molar-refractivity contribution in [3.63, 3.8) is 0 Å². The number of morpholine rings is 1. The van der Waals surface area contributed by atoms with Crippen molar-refractivity contribution in [2.75, 3.05) is 54.5 Å². The van der Waals surface area contributed by atoms with Gasteiger partial charge in [0.2, 0.25) is 11.9 Å². The molecule has 4 aromatic rings. The van der Waals surface area contributed by atoms with Crippen molar-refractivity contribution in [3.05, 3.63) is 47.9 Å². The Labute approximate surface area is 197 Å². The highest BCUT2D eigenvalue weighted by atomic mass is 16.5. The Balaban J connectivity index is 1.42. The minimum Gasteiger partial charge on any atom is -0.378 e. The third-order valence-corrected chi connectivity index (χ3v) is 6.27. The molecule has 6 rings (SSSR count). The number of benzene rings is 1. The summed E-state index contributed by atoms with van der Waals surface area (Å²) in [5, 5.41) is 3.24. The van der Waals surface area contributed by atoms with Gasteiger partial charge in [0.05, 0.1) is 36.5 Å². The maximum atomic E-state index is 5.60. The summed E-state index contributed by atoms with van der Waals surface area (Å²) in [6, 6.07) is 7.98. The van der Waals surface area contributed by atoms with Gasteiger partial charge in [0.1, 0.15) is 5.82 Å². The SMILES string of the molecule is CCNc1nc2ccc(-c3nc4c(c(N5CCOCC5)n3)CCN(c3ncccn3)C4)cc2[nH]1. The van der Waals surface area contributed by atoms with Crippen LogP contribution < -0.4 is 15.1 Å². The molecule has 0 saturated carbocycles. The van der Waals surface area contributed by atoms with E-state index in [-0.39, 0.29) is 0 Å². The summed E-state index contributed by atoms with van der Waals surface area (Å²) in [6.07, 6.45) is 4.42. The summed E-state index contributed by atoms with van der Waals surface area (Å²) >= 11 is 0. The van der Waals surface area contributed by atoms with Crippen LogP contribution in [0.4, 0.5) is 17.7 Å². The smallest absolute Gasteiger partial charge is 0.225 e. The normalized spacial score (nSPS) is 16.0. The van der Waals surface area contributed by atoms with Gasteiger partial charge in [-0.05, 0) is 37.6 Å². The molecule has 2 aliphatic rings. The predicted molar refractivity (Wildman–Crippen MR) is 131 cm³/mol. The molecule has 0 radical (unpaired) electrons. The van der Waals surface area contributed by atoms with Crippen molar-refractivity contribution in [1.82, 2.24) is 29.9 Å². The highest BCUT2D eigenvalue weighted by Crippen LogP contribution is 2.32. The minimum atomic E-state index is 0.656. The summed E-state index contributed by atoms with van der Waals surface area (Å²) in [6.45, 7) is 7.45. The predicted octanol–water partition coefficient (Wildman–Crippen LogP) is 2.64. The second kappa shape index (κ2) is 8.86. The van der Waals surface area contributed by atoms with Gasteiger partial charge in [-0.3, -0.25) is 0 Å². The maximum absolute atomic E-state index is 5.60. The molecule has 1 saturated heterocycles. The van der Waals surface area contributed by atoms with Crippen LogP contribution in [0.2, 0.25) is 0 Å². The van der Waals surface area contributed by atoms with Crippen molar-refractivity contribution in [2.24, 2.45) is 0 Å². The van der Waals surface area contributed by atoms with E-state index in [2.05, 4.69) is 48.0 Å². The van der Waals surface area contributed by atoms with Gasteiger partial charge in [0.15, 0.2) is 5.82 Å². The number of ether oxygens (including phenoxy) is 1. The fraction of sp³-hybridized carbons (Fsp3) is 0.375. The van der Waals surface area contributed by atoms with E-state index in [1.54, 1.807) is 12.4 Å². The van der Waals surface area contributed by atoms with Gasteiger partial charge < -0.3 is 24.8 Å². The van der Waals surface area contributed by atoms with Gasteiger partial charge >= 0.3 is 0 Å². The van der Waals surface area contributed by atoms with E-state index in [4.69, 9.17) is 14.7 Å². The van der Waals surface area contributed by atoms with Crippen LogP contribution in [0.15, 0.2) is 36.7 Å². The third-order valence-electron chi connectivity index (χ3n) is 6.27. The van der Waals surface area contributed by atoms with Gasteiger partial charge in [-0.15, -0.1) is 0 Å². The van der Waals surface area contributed by atoms with Gasteiger partial charge in [0.25, 0.3) is 0 Å². The molecule has 0 atom stereocenters. The average Bonchev–Trinajstić information content (AvgIpc) is 3.30. The van der Waals surface area contributed by atoms with Crippen LogP contribution in [-0.4, -0.2) is 69.3 Å². The molecular weight excluding hydrogens is 430 g/mol. The molecule has 10 heteroatoms. The molecule has 0 bridgehead atoms. The van der Waals surface area contributed by atoms with Crippen LogP contribution in [0.3, 0.4) is 0 Å². The van der Waals surface area contributed by atoms with Crippen molar-refractivity contribution >= 4 is 28.7 Å². The highest BCUT2D eigenvalue weighted by Gasteiger charge is 2.27. The number of rotatable bonds is 5. The molecule has 0 aliphatic carbocycles. The quantitative estimate of drug-likeness (QED) is 0.467. The summed E-state index contributed by atoms with van der Waals surface area (Å²) in [5.41, 5.74) is 5.09. The second-order valence-electron chi connectivity index (χ2n) is 8.46. The number of anilines is 3. The van der Waals surface area contributed by atoms with Crippen LogP contribution in [-0.2, 0) is 17.7 Å². The fourth-order valence-corrected chi connectivity index (χ4v) is 4.60. The summed E-state index contributed by atoms with van der Waals surface area (Å²) in [7, 11) is 0. The van der Waals surface area contributed by atoms with Crippen LogP contribution in [0.5, 0.6) is 0 Å². The topological polar surface area (TPSA) is 108 Å². The fourth-order valence-electron chi connectivity index (χ4n) is 4.60. The van der Waals surface area contributed by atoms with E-state index in [9.17, 15) is 0 Å². The van der Waals surface area contributed by atoms with Crippen molar-refractivity contribution < 1.29 is 4.74 Å². The average molecular weight is 458 g/mol. The van der Waals surface area contributed by atoms with Gasteiger partial charge in [0, 0.05) is 49.7 Å². The Kier molecular flexibility index (Phi) is 5.42. The molecule has 2 N–H and O–H groups in total. The summed E-state index contributed by atoms with van der Waals surface area (Å²) < 4.78 is 5.60. The van der Waals surface area contributed by atoms with E-state index in [1.165, 1.54) is 5.56 Å². The first-order valence-corrected chi connectivity index (χ1v) is 11.8. The van der Waals surface area contributed by atoms with Crippen molar-refractivity contribution in [1.29, 1.82) is 0 Å². The number of fused-ring (bicyclic) bond motifs is 2. The van der Waals surface area contributed by atoms with Crippen LogP contribution in [0.25, 0.3) is 22.4 Å². The molecular formula is C24H27N9O. The lowest BCUT2D eigenvalue weighted by molar-refractivity contribution is 0.122. The molecule has 2 aliphatic heterocycles. The number of hydrogen-bond acceptors (Lipinski definition) is 9. The van der Waals surface area contributed by atoms with E-state index >= 15 is 0 Å². The number of imidazole rings is 1. The Hall–Kier alpha value is -3.79. The van der Waals surface area contributed by atoms with Crippen molar-refractivity contribution in [3.8, 4) is 11.4 Å². The Morgan fingerprint density at radius 3 is 2.71 bits per heavy atom. The largest absolute Gasteiger partial charge is 0.378 e. The molecule has 34 heavy (non-hydrogen) atoms. The lowest BCUT2D eigenvalue weighted by Gasteiger charge is -2.34. The summed E-state index contributed by atoms with van der Waals surface area (Å²) in [4.78, 5) is 31.5. The molecule has 1 aromatic carbocycles. The second-order valence-corrected chi connectivity index (χ2v) is 8.46. The first-order valence-electron chi connectivity index (χ1n) is 11.8. The number of hydrogen-bond donors (Lipinski definition) is 2. The molecule has 174 valence electrons. The highest BCUT2D eigenvalue weighted by molar-refractivity contribution is 5.82. The monoisotopic (exact) mass is 457 g/mol. The number of H-pyrrole nitrogens is 1. The minimum absolute atomic E-state index is 0.656. The van der Waals surface area contributed by atoms with Gasteiger partial charge in [-0.25, -0.2) is 24.9 Å². The van der Waals surface area contributed by atoms with E-state index in [1.807, 2.05) is 18.2 Å². The Bertz CT molecular complexity index is 1300. The zero-order chi connectivity index (χ0) is 22.9. The van der Waals surface area contributed by atoms with Gasteiger partial charge in [-0.1, -0.05) is 0 Å². The van der Waals surface area contributed by atoms with E-state index in [0.717, 1.165) is 78.4 Å². The molecule has 5 heterocycles. The molecule has 1 fully saturated rings. The number of aromatic amines is 1. The standard InChI is InChI=1S/C24H27N9O/c1-2-25-23-29-18-5-4-16(14-19(18)30-23)21-28-20-15-33(24-26-7-3-8-27-24)9-6-17(20)22(31-21)32-10-12-34-13-11-32/h3-5,7-8,14H,2,6,9-13,15H2,1H3,(H2,25,29,30). The first kappa shape index (κ1) is 20.8. The number of nitrogens with one attached hydrogen (secondary N) is 2. The Morgan fingerprint density at radius 1 is 1.03 bits per heavy atom. The molecule has 0 spiro atoms.